The molecule has 3 aromatic rings. The van der Waals surface area contributed by atoms with E-state index in [1.54, 1.807) is 18.2 Å². The van der Waals surface area contributed by atoms with Crippen LogP contribution in [0.25, 0.3) is 0 Å². The fourth-order valence-electron chi connectivity index (χ4n) is 2.47. The molecule has 3 rings (SSSR count). The second-order valence-corrected chi connectivity index (χ2v) is 8.56. The number of carbonyl (C=O) groups is 1. The second kappa shape index (κ2) is 7.88. The fourth-order valence-corrected chi connectivity index (χ4v) is 4.30. The molecule has 0 atom stereocenters. The first-order valence-electron chi connectivity index (χ1n) is 7.82. The molecule has 0 radical (unpaired) electrons. The van der Waals surface area contributed by atoms with Crippen LogP contribution >= 0.6 is 15.9 Å². The lowest BCUT2D eigenvalue weighted by Crippen LogP contribution is -2.23. The largest absolute Gasteiger partial charge is 0.459 e. The first-order valence-corrected chi connectivity index (χ1v) is 10.3. The normalized spacial score (nSPS) is 11.3. The number of carbonyl (C=O) groups excluding carboxylic acids is 1. The number of benzene rings is 2. The van der Waals surface area contributed by atoms with Gasteiger partial charge in [-0.15, -0.1) is 0 Å². The Labute approximate surface area is 160 Å². The molecule has 0 spiro atoms. The Kier molecular flexibility index (Phi) is 5.58. The molecule has 0 aliphatic heterocycles. The lowest BCUT2D eigenvalue weighted by atomic mass is 10.2. The van der Waals surface area contributed by atoms with Gasteiger partial charge in [0.15, 0.2) is 15.6 Å². The van der Waals surface area contributed by atoms with Crippen LogP contribution in [-0.4, -0.2) is 14.3 Å². The van der Waals surface area contributed by atoms with Crippen molar-refractivity contribution in [2.75, 3.05) is 0 Å². The Morgan fingerprint density at radius 2 is 1.81 bits per heavy atom. The van der Waals surface area contributed by atoms with E-state index in [1.165, 1.54) is 24.5 Å². The molecule has 7 heteroatoms. The van der Waals surface area contributed by atoms with Crippen molar-refractivity contribution in [3.63, 3.8) is 0 Å². The van der Waals surface area contributed by atoms with Gasteiger partial charge in [-0.25, -0.2) is 8.42 Å². The molecule has 2 aromatic carbocycles. The average molecular weight is 434 g/mol. The lowest BCUT2D eigenvalue weighted by Gasteiger charge is -2.07. The van der Waals surface area contributed by atoms with Crippen LogP contribution in [0.2, 0.25) is 0 Å². The molecule has 5 nitrogen and oxygen atoms in total. The van der Waals surface area contributed by atoms with E-state index in [0.717, 1.165) is 10.0 Å². The van der Waals surface area contributed by atoms with Gasteiger partial charge >= 0.3 is 0 Å². The Bertz CT molecular complexity index is 1010. The summed E-state index contributed by atoms with van der Waals surface area (Å²) < 4.78 is 31.2. The number of sulfone groups is 1. The van der Waals surface area contributed by atoms with Gasteiger partial charge in [-0.2, -0.15) is 0 Å². The van der Waals surface area contributed by atoms with Crippen molar-refractivity contribution >= 4 is 31.7 Å². The summed E-state index contributed by atoms with van der Waals surface area (Å²) in [4.78, 5) is 12.6. The van der Waals surface area contributed by atoms with Gasteiger partial charge in [0, 0.05) is 16.6 Å². The molecule has 134 valence electrons. The molecule has 1 heterocycles. The highest BCUT2D eigenvalue weighted by Crippen LogP contribution is 2.20. The zero-order valence-electron chi connectivity index (χ0n) is 13.7. The average Bonchev–Trinajstić information content (AvgIpc) is 3.08. The molecular weight excluding hydrogens is 418 g/mol. The monoisotopic (exact) mass is 433 g/mol. The summed E-state index contributed by atoms with van der Waals surface area (Å²) in [5.74, 6) is -0.736. The number of furan rings is 1. The van der Waals surface area contributed by atoms with Crippen molar-refractivity contribution in [1.29, 1.82) is 0 Å². The van der Waals surface area contributed by atoms with Gasteiger partial charge in [0.05, 0.1) is 16.9 Å². The molecule has 26 heavy (non-hydrogen) atoms. The highest BCUT2D eigenvalue weighted by atomic mass is 79.9. The van der Waals surface area contributed by atoms with Gasteiger partial charge in [-0.3, -0.25) is 4.79 Å². The van der Waals surface area contributed by atoms with E-state index in [-0.39, 0.29) is 16.4 Å². The molecule has 0 aliphatic carbocycles. The van der Waals surface area contributed by atoms with Crippen LogP contribution in [0.4, 0.5) is 0 Å². The number of nitrogens with one attached hydrogen (secondary N) is 1. The van der Waals surface area contributed by atoms with E-state index < -0.39 is 15.7 Å². The second-order valence-electron chi connectivity index (χ2n) is 5.66. The number of amides is 1. The van der Waals surface area contributed by atoms with Crippen LogP contribution < -0.4 is 5.32 Å². The van der Waals surface area contributed by atoms with Crippen LogP contribution in [0.1, 0.15) is 21.7 Å². The number of hydrogen-bond donors (Lipinski definition) is 1. The number of halogens is 1. The van der Waals surface area contributed by atoms with Gasteiger partial charge in [-0.05, 0) is 35.9 Å². The minimum Gasteiger partial charge on any atom is -0.459 e. The lowest BCUT2D eigenvalue weighted by molar-refractivity contribution is 0.0922. The van der Waals surface area contributed by atoms with Crippen molar-refractivity contribution in [1.82, 2.24) is 5.32 Å². The highest BCUT2D eigenvalue weighted by molar-refractivity contribution is 9.10. The first kappa shape index (κ1) is 18.4. The molecule has 0 unspecified atom stereocenters. The molecule has 1 aromatic heterocycles. The van der Waals surface area contributed by atoms with Gasteiger partial charge in [0.25, 0.3) is 5.91 Å². The summed E-state index contributed by atoms with van der Waals surface area (Å²) in [6.45, 7) is 0.309. The standard InChI is InChI=1S/C19H16BrNO4S/c20-16-6-4-5-14(11-16)12-21-19(22)18-15(9-10-25-18)13-26(23,24)17-7-2-1-3-8-17/h1-11H,12-13H2,(H,21,22). The highest BCUT2D eigenvalue weighted by Gasteiger charge is 2.22. The Morgan fingerprint density at radius 1 is 1.04 bits per heavy atom. The molecule has 1 amide bonds. The Hall–Kier alpha value is -2.38. The maximum atomic E-state index is 12.5. The minimum absolute atomic E-state index is 0.0134. The summed E-state index contributed by atoms with van der Waals surface area (Å²) in [5, 5.41) is 2.75. The topological polar surface area (TPSA) is 76.4 Å². The van der Waals surface area contributed by atoms with Crippen molar-refractivity contribution in [3.05, 3.63) is 88.3 Å². The van der Waals surface area contributed by atoms with Crippen LogP contribution in [0.3, 0.4) is 0 Å². The quantitative estimate of drug-likeness (QED) is 0.638. The van der Waals surface area contributed by atoms with Gasteiger partial charge < -0.3 is 9.73 Å². The third kappa shape index (κ3) is 4.42. The SMILES string of the molecule is O=C(NCc1cccc(Br)c1)c1occc1CS(=O)(=O)c1ccccc1. The minimum atomic E-state index is -3.56. The molecule has 0 saturated carbocycles. The predicted molar refractivity (Wildman–Crippen MR) is 101 cm³/mol. The van der Waals surface area contributed by atoms with E-state index in [9.17, 15) is 13.2 Å². The molecule has 0 bridgehead atoms. The maximum absolute atomic E-state index is 12.5. The summed E-state index contributed by atoms with van der Waals surface area (Å²) in [5.41, 5.74) is 1.25. The first-order chi connectivity index (χ1) is 12.5. The van der Waals surface area contributed by atoms with Gasteiger partial charge in [0.2, 0.25) is 0 Å². The van der Waals surface area contributed by atoms with E-state index in [4.69, 9.17) is 4.42 Å². The zero-order valence-corrected chi connectivity index (χ0v) is 16.1. The third-order valence-electron chi connectivity index (χ3n) is 3.74. The van der Waals surface area contributed by atoms with E-state index >= 15 is 0 Å². The van der Waals surface area contributed by atoms with E-state index in [1.807, 2.05) is 24.3 Å². The maximum Gasteiger partial charge on any atom is 0.287 e. The summed E-state index contributed by atoms with van der Waals surface area (Å²) in [6, 6.07) is 17.2. The Morgan fingerprint density at radius 3 is 2.54 bits per heavy atom. The Balaban J connectivity index is 1.73. The van der Waals surface area contributed by atoms with E-state index in [2.05, 4.69) is 21.2 Å². The van der Waals surface area contributed by atoms with Crippen LogP contribution in [0.5, 0.6) is 0 Å². The van der Waals surface area contributed by atoms with Crippen LogP contribution in [0, 0.1) is 0 Å². The summed E-state index contributed by atoms with van der Waals surface area (Å²) >= 11 is 3.38. The number of hydrogen-bond acceptors (Lipinski definition) is 4. The zero-order chi connectivity index (χ0) is 18.6. The third-order valence-corrected chi connectivity index (χ3v) is 5.92. The van der Waals surface area contributed by atoms with Crippen molar-refractivity contribution < 1.29 is 17.6 Å². The van der Waals surface area contributed by atoms with E-state index in [0.29, 0.717) is 12.1 Å². The fraction of sp³-hybridized carbons (Fsp3) is 0.105. The number of rotatable bonds is 6. The molecule has 0 aliphatic rings. The van der Waals surface area contributed by atoms with Crippen LogP contribution in [-0.2, 0) is 22.1 Å². The predicted octanol–water partition coefficient (Wildman–Crippen LogP) is 3.95. The molecular formula is C19H16BrNO4S. The van der Waals surface area contributed by atoms with Crippen LogP contribution in [0.15, 0.2) is 80.7 Å². The van der Waals surface area contributed by atoms with Crippen molar-refractivity contribution in [2.24, 2.45) is 0 Å². The van der Waals surface area contributed by atoms with Crippen molar-refractivity contribution in [3.8, 4) is 0 Å². The summed E-state index contributed by atoms with van der Waals surface area (Å²) in [7, 11) is -3.56. The summed E-state index contributed by atoms with van der Waals surface area (Å²) in [6.07, 6.45) is 1.32. The molecule has 0 fully saturated rings. The van der Waals surface area contributed by atoms with Gasteiger partial charge in [-0.1, -0.05) is 46.3 Å². The smallest absolute Gasteiger partial charge is 0.287 e. The van der Waals surface area contributed by atoms with Crippen molar-refractivity contribution in [2.45, 2.75) is 17.2 Å². The van der Waals surface area contributed by atoms with Gasteiger partial charge in [0.1, 0.15) is 0 Å². The molecule has 1 N–H and O–H groups in total. The molecule has 0 saturated heterocycles.